The van der Waals surface area contributed by atoms with Crippen molar-refractivity contribution in [2.45, 2.75) is 26.2 Å². The standard InChI is InChI=1S/C21H20Cl3N5O/c1-21(2,3)18-15(24)17(29(4)28-18)19-25-13-9-12(26-20(30-5)16(13)27-19)14-10(22)7-6-8-11(14)23/h6-9H,1-5H3,(H,25,27). The van der Waals surface area contributed by atoms with Crippen molar-refractivity contribution < 1.29 is 4.74 Å². The molecule has 0 aliphatic heterocycles. The van der Waals surface area contributed by atoms with Crippen molar-refractivity contribution in [2.24, 2.45) is 7.05 Å². The third kappa shape index (κ3) is 3.43. The zero-order chi connectivity index (χ0) is 21.8. The minimum Gasteiger partial charge on any atom is -0.479 e. The Balaban J connectivity index is 1.94. The number of benzene rings is 1. The normalized spacial score (nSPS) is 12.0. The van der Waals surface area contributed by atoms with Crippen LogP contribution in [0.3, 0.4) is 0 Å². The van der Waals surface area contributed by atoms with Crippen molar-refractivity contribution in [3.8, 4) is 28.7 Å². The molecule has 0 aliphatic carbocycles. The number of ether oxygens (including phenoxy) is 1. The zero-order valence-corrected chi connectivity index (χ0v) is 19.4. The van der Waals surface area contributed by atoms with Gasteiger partial charge in [0.05, 0.1) is 39.1 Å². The lowest BCUT2D eigenvalue weighted by molar-refractivity contribution is 0.403. The zero-order valence-electron chi connectivity index (χ0n) is 17.1. The number of hydrogen-bond donors (Lipinski definition) is 1. The quantitative estimate of drug-likeness (QED) is 0.387. The maximum atomic E-state index is 6.69. The van der Waals surface area contributed by atoms with Crippen LogP contribution in [0.1, 0.15) is 26.5 Å². The molecule has 0 saturated heterocycles. The molecule has 9 heteroatoms. The van der Waals surface area contributed by atoms with Crippen LogP contribution >= 0.6 is 34.8 Å². The smallest absolute Gasteiger partial charge is 0.242 e. The lowest BCUT2D eigenvalue weighted by atomic mass is 9.92. The first-order valence-corrected chi connectivity index (χ1v) is 10.4. The Hall–Kier alpha value is -2.28. The number of imidazole rings is 1. The number of H-pyrrole nitrogens is 1. The number of aromatic amines is 1. The Morgan fingerprint density at radius 3 is 2.30 bits per heavy atom. The Morgan fingerprint density at radius 1 is 1.07 bits per heavy atom. The van der Waals surface area contributed by atoms with E-state index in [0.717, 1.165) is 11.2 Å². The molecule has 0 saturated carbocycles. The first-order valence-electron chi connectivity index (χ1n) is 9.24. The largest absolute Gasteiger partial charge is 0.479 e. The molecule has 1 aromatic carbocycles. The van der Waals surface area contributed by atoms with Gasteiger partial charge in [-0.3, -0.25) is 4.68 Å². The topological polar surface area (TPSA) is 68.6 Å². The highest BCUT2D eigenvalue weighted by atomic mass is 35.5. The van der Waals surface area contributed by atoms with Crippen molar-refractivity contribution in [3.05, 3.63) is 45.0 Å². The molecule has 0 aliphatic rings. The van der Waals surface area contributed by atoms with E-state index in [1.807, 2.05) is 13.1 Å². The Kier molecular flexibility index (Phi) is 5.21. The molecule has 1 N–H and O–H groups in total. The van der Waals surface area contributed by atoms with Gasteiger partial charge in [0.2, 0.25) is 5.88 Å². The summed E-state index contributed by atoms with van der Waals surface area (Å²) in [5.74, 6) is 0.929. The van der Waals surface area contributed by atoms with Gasteiger partial charge in [0.15, 0.2) is 11.3 Å². The van der Waals surface area contributed by atoms with Gasteiger partial charge in [-0.2, -0.15) is 5.10 Å². The summed E-state index contributed by atoms with van der Waals surface area (Å²) in [6, 6.07) is 7.16. The van der Waals surface area contributed by atoms with Crippen molar-refractivity contribution in [1.82, 2.24) is 24.7 Å². The Labute approximate surface area is 189 Å². The van der Waals surface area contributed by atoms with Crippen molar-refractivity contribution in [3.63, 3.8) is 0 Å². The highest BCUT2D eigenvalue weighted by molar-refractivity contribution is 6.39. The summed E-state index contributed by atoms with van der Waals surface area (Å²) < 4.78 is 7.23. The van der Waals surface area contributed by atoms with Crippen LogP contribution in [0.25, 0.3) is 33.8 Å². The number of halogens is 3. The molecule has 3 aromatic heterocycles. The summed E-state index contributed by atoms with van der Waals surface area (Å²) in [5, 5.41) is 6.16. The number of pyridine rings is 1. The number of hydrogen-bond acceptors (Lipinski definition) is 4. The molecule has 0 spiro atoms. The summed E-state index contributed by atoms with van der Waals surface area (Å²) in [5.41, 5.74) is 3.80. The molecular formula is C21H20Cl3N5O. The molecule has 3 heterocycles. The highest BCUT2D eigenvalue weighted by Gasteiger charge is 2.27. The monoisotopic (exact) mass is 463 g/mol. The minimum absolute atomic E-state index is 0.202. The third-order valence-electron chi connectivity index (χ3n) is 4.77. The van der Waals surface area contributed by atoms with Crippen LogP contribution in [-0.4, -0.2) is 31.8 Å². The average Bonchev–Trinajstić information content (AvgIpc) is 3.20. The van der Waals surface area contributed by atoms with Crippen molar-refractivity contribution in [1.29, 1.82) is 0 Å². The van der Waals surface area contributed by atoms with Gasteiger partial charge >= 0.3 is 0 Å². The molecule has 0 radical (unpaired) electrons. The second-order valence-corrected chi connectivity index (χ2v) is 9.17. The molecule has 0 bridgehead atoms. The van der Waals surface area contributed by atoms with E-state index >= 15 is 0 Å². The SMILES string of the molecule is COc1nc(-c2c(Cl)cccc2Cl)cc2[nH]c(-c3c(Cl)c(C(C)(C)C)nn3C)nc12. The second kappa shape index (κ2) is 7.45. The van der Waals surface area contributed by atoms with E-state index in [1.165, 1.54) is 0 Å². The maximum Gasteiger partial charge on any atom is 0.242 e. The van der Waals surface area contributed by atoms with E-state index in [-0.39, 0.29) is 5.41 Å². The predicted molar refractivity (Wildman–Crippen MR) is 122 cm³/mol. The van der Waals surface area contributed by atoms with Gasteiger partial charge in [-0.25, -0.2) is 9.97 Å². The lowest BCUT2D eigenvalue weighted by Gasteiger charge is -2.15. The van der Waals surface area contributed by atoms with E-state index in [9.17, 15) is 0 Å². The Bertz CT molecular complexity index is 1250. The van der Waals surface area contributed by atoms with E-state index < -0.39 is 0 Å². The van der Waals surface area contributed by atoms with Crippen LogP contribution < -0.4 is 4.74 Å². The predicted octanol–water partition coefficient (Wildman–Crippen LogP) is 6.29. The first kappa shape index (κ1) is 21.0. The van der Waals surface area contributed by atoms with Gasteiger partial charge < -0.3 is 9.72 Å². The fourth-order valence-electron chi connectivity index (χ4n) is 3.35. The molecule has 30 heavy (non-hydrogen) atoms. The fraction of sp³-hybridized carbons (Fsp3) is 0.286. The van der Waals surface area contributed by atoms with E-state index in [1.54, 1.807) is 30.0 Å². The van der Waals surface area contributed by atoms with Crippen LogP contribution in [0.2, 0.25) is 15.1 Å². The number of nitrogens with one attached hydrogen (secondary N) is 1. The summed E-state index contributed by atoms with van der Waals surface area (Å²) in [7, 11) is 3.39. The molecule has 0 amide bonds. The average molecular weight is 465 g/mol. The van der Waals surface area contributed by atoms with Crippen LogP contribution in [0.15, 0.2) is 24.3 Å². The molecule has 4 rings (SSSR count). The number of aryl methyl sites for hydroxylation is 1. The van der Waals surface area contributed by atoms with Crippen LogP contribution in [0, 0.1) is 0 Å². The third-order valence-corrected chi connectivity index (χ3v) is 5.76. The minimum atomic E-state index is -0.202. The van der Waals surface area contributed by atoms with Gasteiger partial charge in [-0.05, 0) is 18.2 Å². The van der Waals surface area contributed by atoms with Crippen LogP contribution in [0.4, 0.5) is 0 Å². The number of rotatable bonds is 3. The number of aromatic nitrogens is 5. The summed E-state index contributed by atoms with van der Waals surface area (Å²) in [4.78, 5) is 12.6. The van der Waals surface area contributed by atoms with Crippen molar-refractivity contribution >= 4 is 45.8 Å². The highest BCUT2D eigenvalue weighted by Crippen LogP contribution is 2.39. The second-order valence-electron chi connectivity index (χ2n) is 7.98. The lowest BCUT2D eigenvalue weighted by Crippen LogP contribution is -2.12. The first-order chi connectivity index (χ1) is 14.1. The molecule has 6 nitrogen and oxygen atoms in total. The van der Waals surface area contributed by atoms with Crippen molar-refractivity contribution in [2.75, 3.05) is 7.11 Å². The fourth-order valence-corrected chi connectivity index (χ4v) is 4.47. The summed E-state index contributed by atoms with van der Waals surface area (Å²) >= 11 is 19.5. The van der Waals surface area contributed by atoms with E-state index in [2.05, 4.69) is 35.8 Å². The molecular weight excluding hydrogens is 445 g/mol. The summed E-state index contributed by atoms with van der Waals surface area (Å²) in [6.45, 7) is 6.20. The summed E-state index contributed by atoms with van der Waals surface area (Å²) in [6.07, 6.45) is 0. The van der Waals surface area contributed by atoms with E-state index in [0.29, 0.717) is 49.2 Å². The van der Waals surface area contributed by atoms with Gasteiger partial charge in [-0.1, -0.05) is 61.6 Å². The van der Waals surface area contributed by atoms with E-state index in [4.69, 9.17) is 44.5 Å². The maximum absolute atomic E-state index is 6.69. The molecule has 0 atom stereocenters. The van der Waals surface area contributed by atoms with Crippen LogP contribution in [0.5, 0.6) is 5.88 Å². The molecule has 156 valence electrons. The Morgan fingerprint density at radius 2 is 1.73 bits per heavy atom. The number of nitrogens with zero attached hydrogens (tertiary/aromatic N) is 4. The van der Waals surface area contributed by atoms with Gasteiger partial charge in [0.25, 0.3) is 0 Å². The van der Waals surface area contributed by atoms with Gasteiger partial charge in [-0.15, -0.1) is 0 Å². The van der Waals surface area contributed by atoms with Gasteiger partial charge in [0.1, 0.15) is 5.69 Å². The molecule has 0 unspecified atom stereocenters. The number of methoxy groups -OCH3 is 1. The molecule has 0 fully saturated rings. The number of fused-ring (bicyclic) bond motifs is 1. The van der Waals surface area contributed by atoms with Gasteiger partial charge in [0, 0.05) is 18.0 Å². The van der Waals surface area contributed by atoms with Crippen LogP contribution in [-0.2, 0) is 12.5 Å². The molecule has 4 aromatic rings.